The minimum atomic E-state index is -0.883. The van der Waals surface area contributed by atoms with Gasteiger partial charge in [0.05, 0.1) is 5.56 Å². The van der Waals surface area contributed by atoms with Crippen molar-refractivity contribution in [2.24, 2.45) is 0 Å². The van der Waals surface area contributed by atoms with Crippen molar-refractivity contribution < 1.29 is 9.90 Å². The monoisotopic (exact) mass is 321 g/mol. The van der Waals surface area contributed by atoms with E-state index in [9.17, 15) is 9.90 Å². The van der Waals surface area contributed by atoms with Crippen LogP contribution in [-0.2, 0) is 0 Å². The molecular weight excluding hydrogens is 298 g/mol. The first-order valence-corrected chi connectivity index (χ1v) is 8.46. The Balaban J connectivity index is 2.22. The summed E-state index contributed by atoms with van der Waals surface area (Å²) in [5.41, 5.74) is 3.97. The van der Waals surface area contributed by atoms with E-state index in [4.69, 9.17) is 0 Å². The summed E-state index contributed by atoms with van der Waals surface area (Å²) in [6.07, 6.45) is 0.999. The average Bonchev–Trinajstić information content (AvgIpc) is 2.94. The standard InChI is InChI=1S/C21H23NO2/c1-4-18(15-8-6-5-7-9-15)20-13-17-12-16(21(23)24)10-11-19(17)22(20)14(2)3/h5-14,18H,4H2,1-3H3,(H,23,24). The zero-order chi connectivity index (χ0) is 17.3. The molecule has 1 unspecified atom stereocenters. The molecule has 0 aliphatic rings. The van der Waals surface area contributed by atoms with E-state index in [2.05, 4.69) is 55.7 Å². The van der Waals surface area contributed by atoms with E-state index in [0.29, 0.717) is 17.5 Å². The van der Waals surface area contributed by atoms with Gasteiger partial charge in [0.1, 0.15) is 0 Å². The molecule has 24 heavy (non-hydrogen) atoms. The van der Waals surface area contributed by atoms with Gasteiger partial charge in [0.25, 0.3) is 0 Å². The van der Waals surface area contributed by atoms with Crippen molar-refractivity contribution in [2.45, 2.75) is 39.2 Å². The molecule has 1 aromatic heterocycles. The van der Waals surface area contributed by atoms with Gasteiger partial charge in [0.15, 0.2) is 0 Å². The van der Waals surface area contributed by atoms with Crippen molar-refractivity contribution in [3.05, 3.63) is 71.4 Å². The molecule has 1 N–H and O–H groups in total. The Morgan fingerprint density at radius 1 is 1.08 bits per heavy atom. The van der Waals surface area contributed by atoms with Crippen molar-refractivity contribution in [3.63, 3.8) is 0 Å². The molecule has 0 radical (unpaired) electrons. The van der Waals surface area contributed by atoms with Gasteiger partial charge in [-0.05, 0) is 50.1 Å². The molecule has 3 heteroatoms. The SMILES string of the molecule is CCC(c1ccccc1)c1cc2cc(C(=O)O)ccc2n1C(C)C. The Bertz CT molecular complexity index is 862. The van der Waals surface area contributed by atoms with Gasteiger partial charge in [0.2, 0.25) is 0 Å². The van der Waals surface area contributed by atoms with Gasteiger partial charge in [0, 0.05) is 28.6 Å². The van der Waals surface area contributed by atoms with E-state index < -0.39 is 5.97 Å². The number of rotatable bonds is 5. The van der Waals surface area contributed by atoms with Crippen molar-refractivity contribution >= 4 is 16.9 Å². The highest BCUT2D eigenvalue weighted by molar-refractivity contribution is 5.94. The highest BCUT2D eigenvalue weighted by atomic mass is 16.4. The van der Waals surface area contributed by atoms with Crippen LogP contribution in [0.25, 0.3) is 10.9 Å². The number of nitrogens with zero attached hydrogens (tertiary/aromatic N) is 1. The Kier molecular flexibility index (Phi) is 4.43. The molecule has 0 fully saturated rings. The first kappa shape index (κ1) is 16.3. The maximum absolute atomic E-state index is 11.3. The Hall–Kier alpha value is -2.55. The van der Waals surface area contributed by atoms with Gasteiger partial charge in [-0.25, -0.2) is 4.79 Å². The van der Waals surface area contributed by atoms with Crippen LogP contribution in [0.1, 0.15) is 60.8 Å². The maximum atomic E-state index is 11.3. The molecule has 0 amide bonds. The van der Waals surface area contributed by atoms with Crippen LogP contribution in [0.15, 0.2) is 54.6 Å². The summed E-state index contributed by atoms with van der Waals surface area (Å²) in [6.45, 7) is 6.54. The lowest BCUT2D eigenvalue weighted by molar-refractivity contribution is 0.0697. The molecule has 1 heterocycles. The summed E-state index contributed by atoms with van der Waals surface area (Å²) in [7, 11) is 0. The largest absolute Gasteiger partial charge is 0.478 e. The van der Waals surface area contributed by atoms with Crippen LogP contribution < -0.4 is 0 Å². The van der Waals surface area contributed by atoms with E-state index in [1.165, 1.54) is 11.3 Å². The van der Waals surface area contributed by atoms with Crippen LogP contribution in [0.2, 0.25) is 0 Å². The Morgan fingerprint density at radius 2 is 1.79 bits per heavy atom. The summed E-state index contributed by atoms with van der Waals surface area (Å²) in [5.74, 6) is -0.583. The van der Waals surface area contributed by atoms with E-state index in [1.54, 1.807) is 12.1 Å². The predicted octanol–water partition coefficient (Wildman–Crippen LogP) is 5.46. The quantitative estimate of drug-likeness (QED) is 0.678. The normalized spacial score (nSPS) is 12.7. The summed E-state index contributed by atoms with van der Waals surface area (Å²) < 4.78 is 2.34. The molecule has 0 aliphatic heterocycles. The van der Waals surface area contributed by atoms with Crippen molar-refractivity contribution in [2.75, 3.05) is 0 Å². The Morgan fingerprint density at radius 3 is 2.38 bits per heavy atom. The third-order valence-corrected chi connectivity index (χ3v) is 4.60. The van der Waals surface area contributed by atoms with Crippen molar-refractivity contribution in [1.82, 2.24) is 4.57 Å². The lowest BCUT2D eigenvalue weighted by Crippen LogP contribution is -2.10. The van der Waals surface area contributed by atoms with Crippen LogP contribution in [-0.4, -0.2) is 15.6 Å². The number of fused-ring (bicyclic) bond motifs is 1. The third-order valence-electron chi connectivity index (χ3n) is 4.60. The summed E-state index contributed by atoms with van der Waals surface area (Å²) in [4.78, 5) is 11.3. The fourth-order valence-electron chi connectivity index (χ4n) is 3.54. The van der Waals surface area contributed by atoms with Gasteiger partial charge in [-0.2, -0.15) is 0 Å². The van der Waals surface area contributed by atoms with Gasteiger partial charge in [-0.15, -0.1) is 0 Å². The average molecular weight is 321 g/mol. The van der Waals surface area contributed by atoms with E-state index >= 15 is 0 Å². The van der Waals surface area contributed by atoms with E-state index in [1.807, 2.05) is 12.1 Å². The molecule has 1 atom stereocenters. The molecule has 0 saturated carbocycles. The minimum absolute atomic E-state index is 0.300. The minimum Gasteiger partial charge on any atom is -0.478 e. The highest BCUT2D eigenvalue weighted by Crippen LogP contribution is 2.35. The van der Waals surface area contributed by atoms with Crippen LogP contribution in [0, 0.1) is 0 Å². The van der Waals surface area contributed by atoms with Crippen LogP contribution in [0.5, 0.6) is 0 Å². The zero-order valence-electron chi connectivity index (χ0n) is 14.4. The van der Waals surface area contributed by atoms with Gasteiger partial charge >= 0.3 is 5.97 Å². The molecule has 3 nitrogen and oxygen atoms in total. The van der Waals surface area contributed by atoms with E-state index in [-0.39, 0.29) is 0 Å². The van der Waals surface area contributed by atoms with Gasteiger partial charge < -0.3 is 9.67 Å². The smallest absolute Gasteiger partial charge is 0.335 e. The molecule has 0 saturated heterocycles. The number of benzene rings is 2. The molecule has 0 spiro atoms. The summed E-state index contributed by atoms with van der Waals surface area (Å²) in [6, 6.07) is 18.4. The second-order valence-electron chi connectivity index (χ2n) is 6.48. The number of carboxylic acids is 1. The lowest BCUT2D eigenvalue weighted by Gasteiger charge is -2.22. The van der Waals surface area contributed by atoms with E-state index in [0.717, 1.165) is 17.3 Å². The number of hydrogen-bond donors (Lipinski definition) is 1. The second-order valence-corrected chi connectivity index (χ2v) is 6.48. The molecular formula is C21H23NO2. The number of aromatic nitrogens is 1. The van der Waals surface area contributed by atoms with Crippen LogP contribution in [0.4, 0.5) is 0 Å². The molecule has 3 aromatic rings. The van der Waals surface area contributed by atoms with Crippen molar-refractivity contribution in [1.29, 1.82) is 0 Å². The number of carbonyl (C=O) groups is 1. The topological polar surface area (TPSA) is 42.2 Å². The second kappa shape index (κ2) is 6.52. The Labute approximate surface area is 142 Å². The first-order valence-electron chi connectivity index (χ1n) is 8.46. The van der Waals surface area contributed by atoms with Crippen molar-refractivity contribution in [3.8, 4) is 0 Å². The summed E-state index contributed by atoms with van der Waals surface area (Å²) >= 11 is 0. The molecule has 124 valence electrons. The number of hydrogen-bond acceptors (Lipinski definition) is 1. The zero-order valence-corrected chi connectivity index (χ0v) is 14.4. The highest BCUT2D eigenvalue weighted by Gasteiger charge is 2.20. The summed E-state index contributed by atoms with van der Waals surface area (Å²) in [5, 5.41) is 10.2. The van der Waals surface area contributed by atoms with Gasteiger partial charge in [-0.1, -0.05) is 37.3 Å². The number of carboxylic acid groups (broad SMARTS) is 1. The predicted molar refractivity (Wildman–Crippen MR) is 97.9 cm³/mol. The maximum Gasteiger partial charge on any atom is 0.335 e. The molecule has 0 aliphatic carbocycles. The number of aromatic carboxylic acids is 1. The fraction of sp³-hybridized carbons (Fsp3) is 0.286. The molecule has 3 rings (SSSR count). The van der Waals surface area contributed by atoms with Gasteiger partial charge in [-0.3, -0.25) is 0 Å². The molecule has 2 aromatic carbocycles. The first-order chi connectivity index (χ1) is 11.5. The lowest BCUT2D eigenvalue weighted by atomic mass is 9.93. The van der Waals surface area contributed by atoms with Crippen LogP contribution in [0.3, 0.4) is 0 Å². The fourth-order valence-corrected chi connectivity index (χ4v) is 3.54. The third kappa shape index (κ3) is 2.82. The molecule has 0 bridgehead atoms. The van der Waals surface area contributed by atoms with Crippen LogP contribution >= 0.6 is 0 Å².